The predicted octanol–water partition coefficient (Wildman–Crippen LogP) is 3.69. The van der Waals surface area contributed by atoms with Crippen LogP contribution in [0.5, 0.6) is 11.5 Å². The van der Waals surface area contributed by atoms with E-state index >= 15 is 0 Å². The van der Waals surface area contributed by atoms with Gasteiger partial charge in [0.2, 0.25) is 0 Å². The van der Waals surface area contributed by atoms with Crippen LogP contribution < -0.4 is 15.2 Å². The third kappa shape index (κ3) is 4.88. The molecular formula is C15H22BrNO2. The zero-order valence-corrected chi connectivity index (χ0v) is 13.4. The fraction of sp³-hybridized carbons (Fsp3) is 0.467. The Morgan fingerprint density at radius 2 is 2.11 bits per heavy atom. The van der Waals surface area contributed by atoms with E-state index in [-0.39, 0.29) is 12.1 Å². The molecule has 0 saturated carbocycles. The van der Waals surface area contributed by atoms with Crippen LogP contribution in [-0.2, 0) is 6.42 Å². The molecule has 4 heteroatoms. The van der Waals surface area contributed by atoms with E-state index in [2.05, 4.69) is 22.5 Å². The number of benzene rings is 1. The molecule has 1 aromatic rings. The normalized spacial score (nSPS) is 13.7. The van der Waals surface area contributed by atoms with Crippen molar-refractivity contribution in [1.82, 2.24) is 0 Å². The maximum atomic E-state index is 5.84. The summed E-state index contributed by atoms with van der Waals surface area (Å²) in [5.74, 6) is 1.45. The van der Waals surface area contributed by atoms with E-state index in [0.717, 1.165) is 22.2 Å². The van der Waals surface area contributed by atoms with Gasteiger partial charge in [0.05, 0.1) is 11.1 Å². The molecular weight excluding hydrogens is 306 g/mol. The van der Waals surface area contributed by atoms with Gasteiger partial charge in [-0.15, -0.1) is 0 Å². The summed E-state index contributed by atoms with van der Waals surface area (Å²) in [5.41, 5.74) is 6.97. The first kappa shape index (κ1) is 16.1. The smallest absolute Gasteiger partial charge is 0.176 e. The minimum atomic E-state index is -0.0743. The van der Waals surface area contributed by atoms with Gasteiger partial charge in [0.15, 0.2) is 11.5 Å². The standard InChI is InChI=1S/C15H22BrNO2/c1-5-11(4)19-15-13(16)8-12(7-10(3)17)9-14(15)18-6-2/h5,8-11H,1,6-7,17H2,2-4H3. The fourth-order valence-corrected chi connectivity index (χ4v) is 2.31. The molecule has 2 atom stereocenters. The molecule has 0 heterocycles. The van der Waals surface area contributed by atoms with Crippen molar-refractivity contribution in [2.45, 2.75) is 39.3 Å². The highest BCUT2D eigenvalue weighted by Crippen LogP contribution is 2.38. The largest absolute Gasteiger partial charge is 0.490 e. The summed E-state index contributed by atoms with van der Waals surface area (Å²) in [7, 11) is 0. The number of ether oxygens (including phenoxy) is 2. The minimum Gasteiger partial charge on any atom is -0.490 e. The van der Waals surface area contributed by atoms with E-state index in [1.807, 2.05) is 32.9 Å². The van der Waals surface area contributed by atoms with E-state index in [4.69, 9.17) is 15.2 Å². The van der Waals surface area contributed by atoms with E-state index in [1.165, 1.54) is 0 Å². The van der Waals surface area contributed by atoms with Gasteiger partial charge in [-0.05, 0) is 60.8 Å². The first-order chi connectivity index (χ1) is 8.97. The van der Waals surface area contributed by atoms with E-state index in [1.54, 1.807) is 6.08 Å². The Bertz CT molecular complexity index is 432. The molecule has 0 spiro atoms. The summed E-state index contributed by atoms with van der Waals surface area (Å²) in [6.45, 7) is 10.2. The van der Waals surface area contributed by atoms with Gasteiger partial charge in [-0.25, -0.2) is 0 Å². The SMILES string of the molecule is C=CC(C)Oc1c(Br)cc(CC(C)N)cc1OCC. The Hall–Kier alpha value is -1.00. The van der Waals surface area contributed by atoms with Crippen molar-refractivity contribution >= 4 is 15.9 Å². The average Bonchev–Trinajstić information content (AvgIpc) is 2.32. The third-order valence-electron chi connectivity index (χ3n) is 2.56. The molecule has 0 radical (unpaired) electrons. The number of hydrogen-bond acceptors (Lipinski definition) is 3. The zero-order chi connectivity index (χ0) is 14.4. The number of nitrogens with two attached hydrogens (primary N) is 1. The molecule has 2 N–H and O–H groups in total. The first-order valence-corrected chi connectivity index (χ1v) is 7.27. The van der Waals surface area contributed by atoms with Crippen LogP contribution in [0, 0.1) is 0 Å². The highest BCUT2D eigenvalue weighted by Gasteiger charge is 2.14. The van der Waals surface area contributed by atoms with Gasteiger partial charge in [0.25, 0.3) is 0 Å². The van der Waals surface area contributed by atoms with Crippen molar-refractivity contribution in [2.24, 2.45) is 5.73 Å². The van der Waals surface area contributed by atoms with Gasteiger partial charge >= 0.3 is 0 Å². The predicted molar refractivity (Wildman–Crippen MR) is 83.0 cm³/mol. The maximum Gasteiger partial charge on any atom is 0.176 e. The molecule has 0 aliphatic rings. The average molecular weight is 328 g/mol. The lowest BCUT2D eigenvalue weighted by Crippen LogP contribution is -2.18. The summed E-state index contributed by atoms with van der Waals surface area (Å²) < 4.78 is 12.3. The Kier molecular flexibility index (Phi) is 6.38. The second kappa shape index (κ2) is 7.56. The van der Waals surface area contributed by atoms with Crippen LogP contribution >= 0.6 is 15.9 Å². The van der Waals surface area contributed by atoms with Crippen molar-refractivity contribution in [3.8, 4) is 11.5 Å². The van der Waals surface area contributed by atoms with Crippen LogP contribution in [0.3, 0.4) is 0 Å². The molecule has 0 aromatic heterocycles. The molecule has 1 aromatic carbocycles. The van der Waals surface area contributed by atoms with Gasteiger partial charge in [0, 0.05) is 6.04 Å². The molecule has 0 aliphatic heterocycles. The lowest BCUT2D eigenvalue weighted by Gasteiger charge is -2.18. The van der Waals surface area contributed by atoms with Crippen LogP contribution in [0.4, 0.5) is 0 Å². The third-order valence-corrected chi connectivity index (χ3v) is 3.15. The molecule has 19 heavy (non-hydrogen) atoms. The lowest BCUT2D eigenvalue weighted by molar-refractivity contribution is 0.243. The maximum absolute atomic E-state index is 5.84. The molecule has 0 saturated heterocycles. The van der Waals surface area contributed by atoms with Gasteiger partial charge < -0.3 is 15.2 Å². The van der Waals surface area contributed by atoms with Crippen molar-refractivity contribution in [3.63, 3.8) is 0 Å². The Morgan fingerprint density at radius 1 is 1.42 bits per heavy atom. The summed E-state index contributed by atoms with van der Waals surface area (Å²) >= 11 is 3.54. The molecule has 0 fully saturated rings. The van der Waals surface area contributed by atoms with Crippen LogP contribution in [0.1, 0.15) is 26.3 Å². The summed E-state index contributed by atoms with van der Waals surface area (Å²) in [5, 5.41) is 0. The van der Waals surface area contributed by atoms with Crippen molar-refractivity contribution < 1.29 is 9.47 Å². The summed E-state index contributed by atoms with van der Waals surface area (Å²) in [6, 6.07) is 4.13. The van der Waals surface area contributed by atoms with Crippen molar-refractivity contribution in [3.05, 3.63) is 34.8 Å². The number of hydrogen-bond donors (Lipinski definition) is 1. The number of rotatable bonds is 7. The Morgan fingerprint density at radius 3 is 2.63 bits per heavy atom. The van der Waals surface area contributed by atoms with Gasteiger partial charge in [0.1, 0.15) is 6.10 Å². The summed E-state index contributed by atoms with van der Waals surface area (Å²) in [4.78, 5) is 0. The second-order valence-corrected chi connectivity index (χ2v) is 5.43. The summed E-state index contributed by atoms with van der Waals surface area (Å²) in [6.07, 6.45) is 2.48. The molecule has 1 rings (SSSR count). The highest BCUT2D eigenvalue weighted by molar-refractivity contribution is 9.10. The van der Waals surface area contributed by atoms with E-state index in [0.29, 0.717) is 12.4 Å². The fourth-order valence-electron chi connectivity index (χ4n) is 1.72. The number of halogens is 1. The van der Waals surface area contributed by atoms with Gasteiger partial charge in [-0.1, -0.05) is 12.7 Å². The molecule has 0 amide bonds. The van der Waals surface area contributed by atoms with Crippen LogP contribution in [-0.4, -0.2) is 18.8 Å². The van der Waals surface area contributed by atoms with Gasteiger partial charge in [-0.3, -0.25) is 0 Å². The van der Waals surface area contributed by atoms with E-state index in [9.17, 15) is 0 Å². The molecule has 2 unspecified atom stereocenters. The minimum absolute atomic E-state index is 0.0743. The monoisotopic (exact) mass is 327 g/mol. The van der Waals surface area contributed by atoms with Crippen LogP contribution in [0.2, 0.25) is 0 Å². The van der Waals surface area contributed by atoms with Crippen LogP contribution in [0.25, 0.3) is 0 Å². The molecule has 0 bridgehead atoms. The second-order valence-electron chi connectivity index (χ2n) is 4.58. The quantitative estimate of drug-likeness (QED) is 0.777. The van der Waals surface area contributed by atoms with Crippen molar-refractivity contribution in [2.75, 3.05) is 6.61 Å². The first-order valence-electron chi connectivity index (χ1n) is 6.47. The zero-order valence-electron chi connectivity index (χ0n) is 11.8. The van der Waals surface area contributed by atoms with Gasteiger partial charge in [-0.2, -0.15) is 0 Å². The Labute approximate surface area is 123 Å². The molecule has 106 valence electrons. The topological polar surface area (TPSA) is 44.5 Å². The lowest BCUT2D eigenvalue weighted by atomic mass is 10.1. The molecule has 0 aliphatic carbocycles. The Balaban J connectivity index is 3.10. The van der Waals surface area contributed by atoms with Crippen molar-refractivity contribution in [1.29, 1.82) is 0 Å². The highest BCUT2D eigenvalue weighted by atomic mass is 79.9. The van der Waals surface area contributed by atoms with E-state index < -0.39 is 0 Å². The van der Waals surface area contributed by atoms with Crippen LogP contribution in [0.15, 0.2) is 29.3 Å². The molecule has 3 nitrogen and oxygen atoms in total.